The van der Waals surface area contributed by atoms with Gasteiger partial charge in [-0.1, -0.05) is 6.92 Å². The molecule has 0 aliphatic carbocycles. The topological polar surface area (TPSA) is 40.6 Å². The van der Waals surface area contributed by atoms with Crippen molar-refractivity contribution in [2.24, 2.45) is 5.92 Å². The summed E-state index contributed by atoms with van der Waals surface area (Å²) in [6, 6.07) is 2.02. The van der Waals surface area contributed by atoms with Crippen molar-refractivity contribution in [3.63, 3.8) is 0 Å². The first-order valence-corrected chi connectivity index (χ1v) is 9.38. The average Bonchev–Trinajstić information content (AvgIpc) is 2.93. The summed E-state index contributed by atoms with van der Waals surface area (Å²) in [5.74, 6) is 0.705. The lowest BCUT2D eigenvalue weighted by molar-refractivity contribution is 0.263. The van der Waals surface area contributed by atoms with Gasteiger partial charge in [0.05, 0.1) is 5.88 Å². The zero-order valence-corrected chi connectivity index (χ0v) is 14.6. The van der Waals surface area contributed by atoms with Gasteiger partial charge in [-0.25, -0.2) is 8.42 Å². The molecular formula is C13H21ClN2O2S2. The first-order chi connectivity index (χ1) is 9.27. The van der Waals surface area contributed by atoms with Gasteiger partial charge < -0.3 is 4.90 Å². The molecule has 4 nitrogen and oxygen atoms in total. The van der Waals surface area contributed by atoms with Crippen molar-refractivity contribution in [1.82, 2.24) is 9.21 Å². The molecular weight excluding hydrogens is 316 g/mol. The number of likely N-dealkylation sites (N-methyl/N-ethyl adjacent to an activating group) is 1. The van der Waals surface area contributed by atoms with E-state index >= 15 is 0 Å². The highest BCUT2D eigenvalue weighted by Gasteiger charge is 2.38. The van der Waals surface area contributed by atoms with E-state index in [0.29, 0.717) is 29.1 Å². The summed E-state index contributed by atoms with van der Waals surface area (Å²) < 4.78 is 27.4. The van der Waals surface area contributed by atoms with Crippen molar-refractivity contribution >= 4 is 33.0 Å². The van der Waals surface area contributed by atoms with Gasteiger partial charge in [-0.2, -0.15) is 4.31 Å². The smallest absolute Gasteiger partial charge is 0.252 e. The van der Waals surface area contributed by atoms with Gasteiger partial charge in [0.1, 0.15) is 4.21 Å². The maximum Gasteiger partial charge on any atom is 0.252 e. The molecule has 20 heavy (non-hydrogen) atoms. The quantitative estimate of drug-likeness (QED) is 0.793. The minimum absolute atomic E-state index is 0.276. The van der Waals surface area contributed by atoms with Crippen LogP contribution in [0.25, 0.3) is 0 Å². The summed E-state index contributed by atoms with van der Waals surface area (Å²) in [7, 11) is 0.613. The lowest BCUT2D eigenvalue weighted by atomic mass is 10.1. The summed E-state index contributed by atoms with van der Waals surface area (Å²) in [6.07, 6.45) is 0. The zero-order chi connectivity index (χ0) is 15.1. The van der Waals surface area contributed by atoms with Crippen LogP contribution in [0.2, 0.25) is 0 Å². The van der Waals surface area contributed by atoms with Crippen LogP contribution >= 0.6 is 22.9 Å². The van der Waals surface area contributed by atoms with Crippen LogP contribution in [0.1, 0.15) is 17.4 Å². The molecule has 1 aromatic heterocycles. The number of hydrogen-bond donors (Lipinski definition) is 0. The molecule has 2 unspecified atom stereocenters. The van der Waals surface area contributed by atoms with Gasteiger partial charge in [-0.15, -0.1) is 22.9 Å². The normalized spacial score (nSPS) is 24.7. The molecule has 0 spiro atoms. The Bertz CT molecular complexity index is 583. The Hall–Kier alpha value is -0.140. The van der Waals surface area contributed by atoms with Crippen molar-refractivity contribution in [1.29, 1.82) is 0 Å². The fourth-order valence-electron chi connectivity index (χ4n) is 2.65. The van der Waals surface area contributed by atoms with Gasteiger partial charge in [0.2, 0.25) is 0 Å². The molecule has 2 atom stereocenters. The molecule has 114 valence electrons. The second-order valence-electron chi connectivity index (χ2n) is 5.64. The third-order valence-corrected chi connectivity index (χ3v) is 7.86. The molecule has 0 bridgehead atoms. The minimum Gasteiger partial charge on any atom is -0.305 e. The molecule has 2 rings (SSSR count). The van der Waals surface area contributed by atoms with E-state index in [2.05, 4.69) is 11.8 Å². The minimum atomic E-state index is -3.38. The van der Waals surface area contributed by atoms with E-state index < -0.39 is 10.0 Å². The van der Waals surface area contributed by atoms with E-state index in [0.717, 1.165) is 10.4 Å². The van der Waals surface area contributed by atoms with Gasteiger partial charge in [0, 0.05) is 24.0 Å². The summed E-state index contributed by atoms with van der Waals surface area (Å²) in [6.45, 7) is 5.15. The lowest BCUT2D eigenvalue weighted by Crippen LogP contribution is -2.35. The highest BCUT2D eigenvalue weighted by Crippen LogP contribution is 2.32. The fourth-order valence-corrected chi connectivity index (χ4v) is 6.18. The number of alkyl halides is 1. The Morgan fingerprint density at radius 3 is 2.55 bits per heavy atom. The van der Waals surface area contributed by atoms with Gasteiger partial charge >= 0.3 is 0 Å². The summed E-state index contributed by atoms with van der Waals surface area (Å²) in [5, 5.41) is 0. The van der Waals surface area contributed by atoms with Crippen LogP contribution in [-0.2, 0) is 15.9 Å². The van der Waals surface area contributed by atoms with E-state index in [9.17, 15) is 8.42 Å². The maximum absolute atomic E-state index is 12.7. The molecule has 1 saturated heterocycles. The molecule has 0 aromatic carbocycles. The third-order valence-electron chi connectivity index (χ3n) is 3.92. The molecule has 1 aromatic rings. The first-order valence-electron chi connectivity index (χ1n) is 6.59. The van der Waals surface area contributed by atoms with Crippen LogP contribution < -0.4 is 0 Å². The first kappa shape index (κ1) is 16.2. The van der Waals surface area contributed by atoms with Crippen LogP contribution in [0.15, 0.2) is 10.3 Å². The molecule has 0 N–H and O–H groups in total. The highest BCUT2D eigenvalue weighted by molar-refractivity contribution is 7.91. The van der Waals surface area contributed by atoms with Gasteiger partial charge in [0.15, 0.2) is 0 Å². The van der Waals surface area contributed by atoms with E-state index in [1.165, 1.54) is 11.3 Å². The van der Waals surface area contributed by atoms with Gasteiger partial charge in [-0.3, -0.25) is 0 Å². The standard InChI is InChI=1S/C13H21ClN2O2S2/c1-9-5-13(19-12(9)6-14)20(17,18)16-7-10(2)11(8-16)15(3)4/h5,10-11H,6-8H2,1-4H3. The largest absolute Gasteiger partial charge is 0.305 e. The van der Waals surface area contributed by atoms with Crippen molar-refractivity contribution in [2.45, 2.75) is 30.0 Å². The molecule has 0 radical (unpaired) electrons. The number of halogens is 1. The monoisotopic (exact) mass is 336 g/mol. The zero-order valence-electron chi connectivity index (χ0n) is 12.3. The highest BCUT2D eigenvalue weighted by atomic mass is 35.5. The second kappa shape index (κ2) is 5.93. The second-order valence-corrected chi connectivity index (χ2v) is 9.20. The number of aryl methyl sites for hydroxylation is 1. The van der Waals surface area contributed by atoms with Crippen LogP contribution in [0, 0.1) is 12.8 Å². The molecule has 1 fully saturated rings. The SMILES string of the molecule is Cc1cc(S(=O)(=O)N2CC(C)C(N(C)C)C2)sc1CCl. The number of thiophene rings is 1. The van der Waals surface area contributed by atoms with E-state index in [1.54, 1.807) is 10.4 Å². The Morgan fingerprint density at radius 1 is 1.45 bits per heavy atom. The Kier molecular flexibility index (Phi) is 4.81. The average molecular weight is 337 g/mol. The lowest BCUT2D eigenvalue weighted by Gasteiger charge is -2.22. The molecule has 1 aliphatic heterocycles. The molecule has 7 heteroatoms. The Balaban J connectivity index is 2.27. The Morgan fingerprint density at radius 2 is 2.10 bits per heavy atom. The summed E-state index contributed by atoms with van der Waals surface area (Å²) in [4.78, 5) is 3.03. The predicted octanol–water partition coefficient (Wildman–Crippen LogP) is 2.37. The molecule has 2 heterocycles. The van der Waals surface area contributed by atoms with E-state index in [1.807, 2.05) is 21.0 Å². The van der Waals surface area contributed by atoms with Crippen LogP contribution in [0.3, 0.4) is 0 Å². The molecule has 1 aliphatic rings. The van der Waals surface area contributed by atoms with Crippen LogP contribution in [-0.4, -0.2) is 50.8 Å². The fraction of sp³-hybridized carbons (Fsp3) is 0.692. The molecule has 0 saturated carbocycles. The third kappa shape index (κ3) is 2.90. The Labute approximate surface area is 130 Å². The summed E-state index contributed by atoms with van der Waals surface area (Å²) in [5.41, 5.74) is 0.958. The number of nitrogens with zero attached hydrogens (tertiary/aromatic N) is 2. The summed E-state index contributed by atoms with van der Waals surface area (Å²) >= 11 is 7.13. The van der Waals surface area contributed by atoms with Gasteiger partial charge in [-0.05, 0) is 38.6 Å². The van der Waals surface area contributed by atoms with Crippen molar-refractivity contribution < 1.29 is 8.42 Å². The molecule has 0 amide bonds. The predicted molar refractivity (Wildman–Crippen MR) is 84.0 cm³/mol. The van der Waals surface area contributed by atoms with Crippen LogP contribution in [0.5, 0.6) is 0 Å². The van der Waals surface area contributed by atoms with E-state index in [4.69, 9.17) is 11.6 Å². The number of sulfonamides is 1. The van der Waals surface area contributed by atoms with E-state index in [-0.39, 0.29) is 6.04 Å². The number of rotatable bonds is 4. The van der Waals surface area contributed by atoms with Crippen molar-refractivity contribution in [3.05, 3.63) is 16.5 Å². The van der Waals surface area contributed by atoms with Gasteiger partial charge in [0.25, 0.3) is 10.0 Å². The maximum atomic E-state index is 12.7. The van der Waals surface area contributed by atoms with Crippen molar-refractivity contribution in [2.75, 3.05) is 27.2 Å². The number of hydrogen-bond acceptors (Lipinski definition) is 4. The van der Waals surface area contributed by atoms with Crippen molar-refractivity contribution in [3.8, 4) is 0 Å². The van der Waals surface area contributed by atoms with Crippen LogP contribution in [0.4, 0.5) is 0 Å².